The highest BCUT2D eigenvalue weighted by Gasteiger charge is 2.25. The Morgan fingerprint density at radius 2 is 1.93 bits per heavy atom. The second-order valence-electron chi connectivity index (χ2n) is 9.43. The number of aryl methyl sites for hydroxylation is 1. The van der Waals surface area contributed by atoms with Gasteiger partial charge in [-0.2, -0.15) is 10.2 Å². The fraction of sp³-hybridized carbons (Fsp3) is 0.522. The minimum Gasteiger partial charge on any atom is -0.449 e. The molecule has 30 heavy (non-hydrogen) atoms. The van der Waals surface area contributed by atoms with Crippen molar-refractivity contribution in [1.82, 2.24) is 24.9 Å². The van der Waals surface area contributed by atoms with Crippen LogP contribution in [0.4, 0.5) is 4.79 Å². The molecule has 1 aliphatic carbocycles. The Bertz CT molecular complexity index is 1020. The zero-order valence-corrected chi connectivity index (χ0v) is 18.3. The normalized spacial score (nSPS) is 19.7. The van der Waals surface area contributed by atoms with Crippen molar-refractivity contribution in [1.29, 1.82) is 0 Å². The van der Waals surface area contributed by atoms with E-state index in [0.29, 0.717) is 18.6 Å². The molecule has 3 aromatic rings. The molecule has 2 aromatic heterocycles. The smallest absolute Gasteiger partial charge is 0.407 e. The standard InChI is InChI=1S/C23H31N5O2/c1-23(2,3)25-22(29)30-15-16-5-9-20(10-6-16)28-14-18-8-7-17(11-21(18)26-28)19-12-24-27(4)13-19/h7-8,11-14,16,20H,5-6,9-10,15H2,1-4H3,(H,25,29). The van der Waals surface area contributed by atoms with Gasteiger partial charge >= 0.3 is 6.09 Å². The lowest BCUT2D eigenvalue weighted by Crippen LogP contribution is -2.41. The number of carbonyl (C=O) groups excluding carboxylic acids is 1. The van der Waals surface area contributed by atoms with E-state index in [9.17, 15) is 4.79 Å². The molecule has 0 spiro atoms. The molecule has 1 aliphatic rings. The first kappa shape index (κ1) is 20.4. The van der Waals surface area contributed by atoms with Crippen molar-refractivity contribution >= 4 is 17.0 Å². The molecule has 7 heteroatoms. The van der Waals surface area contributed by atoms with E-state index in [0.717, 1.165) is 47.7 Å². The van der Waals surface area contributed by atoms with Crippen molar-refractivity contribution in [2.75, 3.05) is 6.61 Å². The van der Waals surface area contributed by atoms with Crippen LogP contribution in [0.2, 0.25) is 0 Å². The number of nitrogens with zero attached hydrogens (tertiary/aromatic N) is 4. The van der Waals surface area contributed by atoms with Gasteiger partial charge in [-0.1, -0.05) is 12.1 Å². The lowest BCUT2D eigenvalue weighted by Gasteiger charge is -2.29. The van der Waals surface area contributed by atoms with Gasteiger partial charge in [-0.25, -0.2) is 4.79 Å². The quantitative estimate of drug-likeness (QED) is 0.678. The number of nitrogens with one attached hydrogen (secondary N) is 1. The summed E-state index contributed by atoms with van der Waals surface area (Å²) in [6.07, 6.45) is 9.92. The number of benzene rings is 1. The molecule has 0 aliphatic heterocycles. The molecule has 1 aromatic carbocycles. The van der Waals surface area contributed by atoms with Crippen molar-refractivity contribution in [3.8, 4) is 11.1 Å². The number of hydrogen-bond donors (Lipinski definition) is 1. The lowest BCUT2D eigenvalue weighted by molar-refractivity contribution is 0.103. The van der Waals surface area contributed by atoms with E-state index >= 15 is 0 Å². The van der Waals surface area contributed by atoms with Crippen LogP contribution in [-0.4, -0.2) is 37.8 Å². The Morgan fingerprint density at radius 1 is 1.17 bits per heavy atom. The minimum absolute atomic E-state index is 0.270. The number of rotatable bonds is 4. The van der Waals surface area contributed by atoms with Gasteiger partial charge in [-0.05, 0) is 64.0 Å². The molecular weight excluding hydrogens is 378 g/mol. The maximum atomic E-state index is 11.9. The molecule has 1 saturated carbocycles. The van der Waals surface area contributed by atoms with Crippen LogP contribution >= 0.6 is 0 Å². The fourth-order valence-corrected chi connectivity index (χ4v) is 4.08. The van der Waals surface area contributed by atoms with Crippen LogP contribution in [0.25, 0.3) is 22.0 Å². The number of fused-ring (bicyclic) bond motifs is 1. The van der Waals surface area contributed by atoms with Gasteiger partial charge in [0.1, 0.15) is 0 Å². The number of ether oxygens (including phenoxy) is 1. The van der Waals surface area contributed by atoms with Gasteiger partial charge in [0.15, 0.2) is 0 Å². The van der Waals surface area contributed by atoms with Crippen LogP contribution in [0, 0.1) is 5.92 Å². The molecule has 0 unspecified atom stereocenters. The van der Waals surface area contributed by atoms with Gasteiger partial charge in [-0.15, -0.1) is 0 Å². The van der Waals surface area contributed by atoms with E-state index in [1.165, 1.54) is 0 Å². The molecule has 0 bridgehead atoms. The molecule has 1 fully saturated rings. The molecule has 2 heterocycles. The Balaban J connectivity index is 1.35. The van der Waals surface area contributed by atoms with E-state index in [4.69, 9.17) is 9.84 Å². The molecule has 4 rings (SSSR count). The molecular formula is C23H31N5O2. The van der Waals surface area contributed by atoms with Crippen molar-refractivity contribution in [2.45, 2.75) is 58.0 Å². The van der Waals surface area contributed by atoms with Gasteiger partial charge in [0.05, 0.1) is 24.4 Å². The predicted molar refractivity (Wildman–Crippen MR) is 117 cm³/mol. The van der Waals surface area contributed by atoms with E-state index < -0.39 is 0 Å². The number of amides is 1. The zero-order chi connectivity index (χ0) is 21.3. The average Bonchev–Trinajstić information content (AvgIpc) is 3.31. The summed E-state index contributed by atoms with van der Waals surface area (Å²) in [6.45, 7) is 6.35. The second-order valence-corrected chi connectivity index (χ2v) is 9.43. The number of aromatic nitrogens is 4. The maximum absolute atomic E-state index is 11.9. The van der Waals surface area contributed by atoms with Crippen LogP contribution in [0.1, 0.15) is 52.5 Å². The molecule has 0 radical (unpaired) electrons. The SMILES string of the molecule is Cn1cc(-c2ccc3cn(C4CCC(COC(=O)NC(C)(C)C)CC4)nc3c2)cn1. The highest BCUT2D eigenvalue weighted by molar-refractivity contribution is 5.83. The summed E-state index contributed by atoms with van der Waals surface area (Å²) < 4.78 is 9.36. The summed E-state index contributed by atoms with van der Waals surface area (Å²) in [7, 11) is 1.93. The van der Waals surface area contributed by atoms with Crippen LogP contribution in [0.5, 0.6) is 0 Å². The van der Waals surface area contributed by atoms with E-state index in [-0.39, 0.29) is 11.6 Å². The predicted octanol–water partition coefficient (Wildman–Crippen LogP) is 4.69. The summed E-state index contributed by atoms with van der Waals surface area (Å²) in [6, 6.07) is 6.80. The lowest BCUT2D eigenvalue weighted by atomic mass is 9.86. The van der Waals surface area contributed by atoms with E-state index in [1.807, 2.05) is 44.9 Å². The first-order valence-electron chi connectivity index (χ1n) is 10.7. The minimum atomic E-state index is -0.327. The molecule has 160 valence electrons. The molecule has 7 nitrogen and oxygen atoms in total. The van der Waals surface area contributed by atoms with Crippen LogP contribution in [0.15, 0.2) is 36.8 Å². The van der Waals surface area contributed by atoms with Crippen molar-refractivity contribution < 1.29 is 9.53 Å². The van der Waals surface area contributed by atoms with Crippen LogP contribution < -0.4 is 5.32 Å². The summed E-state index contributed by atoms with van der Waals surface area (Å²) >= 11 is 0. The summed E-state index contributed by atoms with van der Waals surface area (Å²) in [5.74, 6) is 0.425. The highest BCUT2D eigenvalue weighted by atomic mass is 16.5. The van der Waals surface area contributed by atoms with Crippen molar-refractivity contribution in [2.24, 2.45) is 13.0 Å². The van der Waals surface area contributed by atoms with Crippen LogP contribution in [0.3, 0.4) is 0 Å². The molecule has 1 N–H and O–H groups in total. The number of alkyl carbamates (subject to hydrolysis) is 1. The van der Waals surface area contributed by atoms with Gasteiger partial charge in [-0.3, -0.25) is 9.36 Å². The largest absolute Gasteiger partial charge is 0.449 e. The highest BCUT2D eigenvalue weighted by Crippen LogP contribution is 2.33. The summed E-state index contributed by atoms with van der Waals surface area (Å²) in [5, 5.41) is 13.1. The second kappa shape index (κ2) is 8.13. The van der Waals surface area contributed by atoms with Crippen LogP contribution in [-0.2, 0) is 11.8 Å². The topological polar surface area (TPSA) is 74.0 Å². The molecule has 0 saturated heterocycles. The van der Waals surface area contributed by atoms with E-state index in [1.54, 1.807) is 0 Å². The number of carbonyl (C=O) groups is 1. The third-order valence-corrected chi connectivity index (χ3v) is 5.68. The first-order valence-corrected chi connectivity index (χ1v) is 10.7. The third-order valence-electron chi connectivity index (χ3n) is 5.68. The third kappa shape index (κ3) is 4.83. The monoisotopic (exact) mass is 409 g/mol. The Morgan fingerprint density at radius 3 is 2.60 bits per heavy atom. The van der Waals surface area contributed by atoms with Gasteiger partial charge in [0.2, 0.25) is 0 Å². The zero-order valence-electron chi connectivity index (χ0n) is 18.3. The van der Waals surface area contributed by atoms with Gasteiger partial charge in [0.25, 0.3) is 0 Å². The fourth-order valence-electron chi connectivity index (χ4n) is 4.08. The Labute approximate surface area is 177 Å². The average molecular weight is 410 g/mol. The van der Waals surface area contributed by atoms with Crippen molar-refractivity contribution in [3.05, 3.63) is 36.8 Å². The maximum Gasteiger partial charge on any atom is 0.407 e. The Kier molecular flexibility index (Phi) is 5.54. The first-order chi connectivity index (χ1) is 14.3. The van der Waals surface area contributed by atoms with Gasteiger partial charge < -0.3 is 10.1 Å². The van der Waals surface area contributed by atoms with E-state index in [2.05, 4.69) is 39.5 Å². The summed E-state index contributed by atoms with van der Waals surface area (Å²) in [4.78, 5) is 11.9. The Hall–Kier alpha value is -2.83. The summed E-state index contributed by atoms with van der Waals surface area (Å²) in [5.41, 5.74) is 2.98. The van der Waals surface area contributed by atoms with Gasteiger partial charge in [0, 0.05) is 35.9 Å². The molecule has 1 amide bonds. The number of hydrogen-bond acceptors (Lipinski definition) is 4. The van der Waals surface area contributed by atoms with Crippen molar-refractivity contribution in [3.63, 3.8) is 0 Å². The molecule has 0 atom stereocenters.